The van der Waals surface area contributed by atoms with Gasteiger partial charge in [0.05, 0.1) is 11.1 Å². The van der Waals surface area contributed by atoms with E-state index in [0.29, 0.717) is 16.5 Å². The highest BCUT2D eigenvalue weighted by Crippen LogP contribution is 2.28. The first-order valence-corrected chi connectivity index (χ1v) is 8.73. The summed E-state index contributed by atoms with van der Waals surface area (Å²) < 4.78 is 26.5. The molecule has 0 fully saturated rings. The Morgan fingerprint density at radius 1 is 1.14 bits per heavy atom. The molecule has 0 amide bonds. The quantitative estimate of drug-likeness (QED) is 0.533. The molecule has 1 aromatic carbocycles. The summed E-state index contributed by atoms with van der Waals surface area (Å²) in [5.74, 6) is -0.143. The third-order valence-electron chi connectivity index (χ3n) is 3.22. The number of rotatable bonds is 3. The summed E-state index contributed by atoms with van der Waals surface area (Å²) >= 11 is 11.8. The molecule has 8 heteroatoms. The van der Waals surface area contributed by atoms with E-state index in [4.69, 9.17) is 23.2 Å². The number of benzene rings is 1. The minimum Gasteiger partial charge on any atom is -0.227 e. The van der Waals surface area contributed by atoms with Gasteiger partial charge in [-0.3, -0.25) is 0 Å². The van der Waals surface area contributed by atoms with Crippen LogP contribution in [0.15, 0.2) is 36.5 Å². The Kier molecular flexibility index (Phi) is 3.84. The Morgan fingerprint density at radius 3 is 2.50 bits per heavy atom. The van der Waals surface area contributed by atoms with Crippen molar-refractivity contribution in [1.82, 2.24) is 13.9 Å². The van der Waals surface area contributed by atoms with E-state index in [-0.39, 0.29) is 21.8 Å². The largest absolute Gasteiger partial charge is 0.244 e. The van der Waals surface area contributed by atoms with Crippen LogP contribution in [0.25, 0.3) is 11.0 Å². The van der Waals surface area contributed by atoms with Crippen molar-refractivity contribution in [2.24, 2.45) is 0 Å². The van der Waals surface area contributed by atoms with Crippen LogP contribution in [-0.4, -0.2) is 22.4 Å². The van der Waals surface area contributed by atoms with Gasteiger partial charge in [0.25, 0.3) is 0 Å². The van der Waals surface area contributed by atoms with Crippen molar-refractivity contribution in [3.63, 3.8) is 0 Å². The van der Waals surface area contributed by atoms with Crippen molar-refractivity contribution < 1.29 is 8.42 Å². The zero-order chi connectivity index (χ0) is 15.9. The van der Waals surface area contributed by atoms with Crippen molar-refractivity contribution in [3.05, 3.63) is 58.1 Å². The molecule has 0 spiro atoms. The van der Waals surface area contributed by atoms with Gasteiger partial charge in [-0.25, -0.2) is 17.4 Å². The topological polar surface area (TPSA) is 64.8 Å². The van der Waals surface area contributed by atoms with Crippen LogP contribution in [0.5, 0.6) is 0 Å². The summed E-state index contributed by atoms with van der Waals surface area (Å²) in [6, 6.07) is 8.92. The lowest BCUT2D eigenvalue weighted by Crippen LogP contribution is -2.14. The molecule has 0 aliphatic rings. The fraction of sp³-hybridized carbons (Fsp3) is 0.143. The van der Waals surface area contributed by atoms with E-state index >= 15 is 0 Å². The molecule has 3 rings (SSSR count). The molecule has 0 unspecified atom stereocenters. The normalized spacial score (nSPS) is 12.0. The average molecular weight is 356 g/mol. The minimum absolute atomic E-state index is 0.0910. The molecule has 0 radical (unpaired) electrons. The summed E-state index contributed by atoms with van der Waals surface area (Å²) in [7, 11) is -3.64. The molecule has 5 nitrogen and oxygen atoms in total. The summed E-state index contributed by atoms with van der Waals surface area (Å²) in [4.78, 5) is 7.87. The first-order chi connectivity index (χ1) is 10.4. The van der Waals surface area contributed by atoms with Crippen LogP contribution in [0.4, 0.5) is 0 Å². The van der Waals surface area contributed by atoms with Crippen LogP contribution in [0.3, 0.4) is 0 Å². The van der Waals surface area contributed by atoms with Crippen LogP contribution in [0.1, 0.15) is 11.1 Å². The van der Waals surface area contributed by atoms with Crippen LogP contribution < -0.4 is 0 Å². The number of hydrogen-bond acceptors (Lipinski definition) is 4. The van der Waals surface area contributed by atoms with E-state index in [0.717, 1.165) is 3.97 Å². The van der Waals surface area contributed by atoms with E-state index in [1.54, 1.807) is 31.2 Å². The predicted octanol–water partition coefficient (Wildman–Crippen LogP) is 3.42. The zero-order valence-corrected chi connectivity index (χ0v) is 13.8. The van der Waals surface area contributed by atoms with Crippen molar-refractivity contribution in [2.75, 3.05) is 0 Å². The highest BCUT2D eigenvalue weighted by Gasteiger charge is 2.21. The Hall–Kier alpha value is -1.63. The molecule has 0 aliphatic carbocycles. The van der Waals surface area contributed by atoms with Gasteiger partial charge in [-0.15, -0.1) is 0 Å². The Labute approximate surface area is 137 Å². The van der Waals surface area contributed by atoms with E-state index in [2.05, 4.69) is 9.97 Å². The predicted molar refractivity (Wildman–Crippen MR) is 86.7 cm³/mol. The maximum absolute atomic E-state index is 12.7. The molecular formula is C14H11Cl2N3O2S. The molecule has 0 saturated heterocycles. The lowest BCUT2D eigenvalue weighted by Gasteiger charge is -2.07. The third-order valence-corrected chi connectivity index (χ3v) is 5.24. The number of aromatic nitrogens is 3. The third kappa shape index (κ3) is 2.69. The molecule has 0 bridgehead atoms. The molecule has 2 heterocycles. The van der Waals surface area contributed by atoms with Crippen molar-refractivity contribution >= 4 is 44.3 Å². The lowest BCUT2D eigenvalue weighted by atomic mass is 10.2. The van der Waals surface area contributed by atoms with E-state index in [1.165, 1.54) is 6.20 Å². The molecule has 3 aromatic rings. The maximum atomic E-state index is 12.7. The Bertz CT molecular complexity index is 953. The second-order valence-corrected chi connectivity index (χ2v) is 7.37. The molecule has 0 N–H and O–H groups in total. The first-order valence-electron chi connectivity index (χ1n) is 6.36. The van der Waals surface area contributed by atoms with Gasteiger partial charge in [-0.2, -0.15) is 4.98 Å². The number of aryl methyl sites for hydroxylation is 1. The number of nitrogens with zero attached hydrogens (tertiary/aromatic N) is 3. The summed E-state index contributed by atoms with van der Waals surface area (Å²) in [5, 5.41) is 0.538. The second kappa shape index (κ2) is 5.53. The lowest BCUT2D eigenvalue weighted by molar-refractivity contribution is 0.588. The molecule has 0 aliphatic heterocycles. The second-order valence-electron chi connectivity index (χ2n) is 4.83. The van der Waals surface area contributed by atoms with Gasteiger partial charge < -0.3 is 0 Å². The van der Waals surface area contributed by atoms with Gasteiger partial charge >= 0.3 is 0 Å². The van der Waals surface area contributed by atoms with Crippen LogP contribution in [-0.2, 0) is 15.8 Å². The Balaban J connectivity index is 2.17. The zero-order valence-electron chi connectivity index (χ0n) is 11.5. The van der Waals surface area contributed by atoms with E-state index < -0.39 is 10.0 Å². The van der Waals surface area contributed by atoms with Crippen LogP contribution in [0, 0.1) is 6.92 Å². The minimum atomic E-state index is -3.64. The SMILES string of the molecule is Cc1cn(S(=O)(=O)Cc2ccccc2)c2nc(Cl)nc(Cl)c12. The van der Waals surface area contributed by atoms with Crippen LogP contribution >= 0.6 is 23.2 Å². The fourth-order valence-corrected chi connectivity index (χ4v) is 4.25. The summed E-state index contributed by atoms with van der Waals surface area (Å²) in [5.41, 5.74) is 1.56. The molecule has 0 saturated carbocycles. The molecule has 114 valence electrons. The summed E-state index contributed by atoms with van der Waals surface area (Å²) in [6.07, 6.45) is 1.49. The molecular weight excluding hydrogens is 345 g/mol. The smallest absolute Gasteiger partial charge is 0.227 e. The van der Waals surface area contributed by atoms with Gasteiger partial charge in [0.15, 0.2) is 5.65 Å². The van der Waals surface area contributed by atoms with Gasteiger partial charge in [-0.1, -0.05) is 41.9 Å². The average Bonchev–Trinajstić information content (AvgIpc) is 2.77. The highest BCUT2D eigenvalue weighted by molar-refractivity contribution is 7.89. The van der Waals surface area contributed by atoms with Crippen molar-refractivity contribution in [2.45, 2.75) is 12.7 Å². The summed E-state index contributed by atoms with van der Waals surface area (Å²) in [6.45, 7) is 1.75. The van der Waals surface area contributed by atoms with Gasteiger partial charge in [-0.05, 0) is 29.7 Å². The highest BCUT2D eigenvalue weighted by atomic mass is 35.5. The maximum Gasteiger partial charge on any atom is 0.244 e. The molecule has 22 heavy (non-hydrogen) atoms. The van der Waals surface area contributed by atoms with Crippen LogP contribution in [0.2, 0.25) is 10.4 Å². The number of fused-ring (bicyclic) bond motifs is 1. The molecule has 2 aromatic heterocycles. The van der Waals surface area contributed by atoms with E-state index in [1.807, 2.05) is 6.07 Å². The van der Waals surface area contributed by atoms with Crippen molar-refractivity contribution in [3.8, 4) is 0 Å². The van der Waals surface area contributed by atoms with E-state index in [9.17, 15) is 8.42 Å². The Morgan fingerprint density at radius 2 is 1.82 bits per heavy atom. The number of hydrogen-bond donors (Lipinski definition) is 0. The monoisotopic (exact) mass is 355 g/mol. The fourth-order valence-electron chi connectivity index (χ4n) is 2.26. The standard InChI is InChI=1S/C14H11Cl2N3O2S/c1-9-7-19(13-11(9)12(15)17-14(16)18-13)22(20,21)8-10-5-3-2-4-6-10/h2-7H,8H2,1H3. The molecule has 0 atom stereocenters. The van der Waals surface area contributed by atoms with Gasteiger partial charge in [0, 0.05) is 6.20 Å². The van der Waals surface area contributed by atoms with Gasteiger partial charge in [0.2, 0.25) is 15.3 Å². The van der Waals surface area contributed by atoms with Crippen molar-refractivity contribution in [1.29, 1.82) is 0 Å². The van der Waals surface area contributed by atoms with Gasteiger partial charge in [0.1, 0.15) is 5.15 Å². The number of halogens is 2. The first kappa shape index (κ1) is 15.3.